The van der Waals surface area contributed by atoms with E-state index in [2.05, 4.69) is 119 Å². The van der Waals surface area contributed by atoms with Crippen molar-refractivity contribution >= 4 is 71.2 Å². The van der Waals surface area contributed by atoms with Crippen molar-refractivity contribution in [2.75, 3.05) is 0 Å². The number of fused-ring (bicyclic) bond motifs is 7. The van der Waals surface area contributed by atoms with Crippen LogP contribution in [0.3, 0.4) is 0 Å². The molecule has 1 unspecified atom stereocenters. The van der Waals surface area contributed by atoms with E-state index in [0.29, 0.717) is 12.2 Å². The van der Waals surface area contributed by atoms with Crippen LogP contribution < -0.4 is 11.1 Å². The number of nitrogens with one attached hydrogen (secondary N) is 1. The lowest BCUT2D eigenvalue weighted by Gasteiger charge is -2.22. The minimum atomic E-state index is -0.581. The van der Waals surface area contributed by atoms with Crippen LogP contribution >= 0.6 is 11.3 Å². The standard InChI is InChI=1S/C43H32N6S/c44-25-32(26-45-27-49-37-20-9-7-18-33(37)35-22-23-36-34-19-8-10-21-38(34)50-40(36)39(35)49)43-47-41(29-14-5-2-6-15-29)46-42(48-43)31-17-11-16-30(24-31)28-12-3-1-4-13-28/h1-26,43H,27,44H2,(H,46,47,48). The van der Waals surface area contributed by atoms with Crippen LogP contribution in [0.2, 0.25) is 0 Å². The third kappa shape index (κ3) is 5.25. The Morgan fingerprint density at radius 1 is 0.660 bits per heavy atom. The minimum Gasteiger partial charge on any atom is -0.404 e. The average molecular weight is 665 g/mol. The molecule has 0 aliphatic carbocycles. The highest BCUT2D eigenvalue weighted by atomic mass is 32.1. The molecule has 9 rings (SSSR count). The summed E-state index contributed by atoms with van der Waals surface area (Å²) in [7, 11) is 0. The molecule has 0 amide bonds. The number of benzene rings is 6. The van der Waals surface area contributed by atoms with Crippen LogP contribution in [0, 0.1) is 0 Å². The molecule has 7 heteroatoms. The second-order valence-electron chi connectivity index (χ2n) is 12.3. The van der Waals surface area contributed by atoms with Gasteiger partial charge in [-0.1, -0.05) is 127 Å². The third-order valence-corrected chi connectivity index (χ3v) is 10.5. The summed E-state index contributed by atoms with van der Waals surface area (Å²) >= 11 is 1.84. The summed E-state index contributed by atoms with van der Waals surface area (Å²) in [6.07, 6.45) is 2.82. The number of hydrogen-bond acceptors (Lipinski definition) is 6. The molecule has 3 N–H and O–H groups in total. The molecule has 1 aliphatic heterocycles. The number of aromatic nitrogens is 1. The quantitative estimate of drug-likeness (QED) is 0.167. The lowest BCUT2D eigenvalue weighted by molar-refractivity contribution is 0.789. The van der Waals surface area contributed by atoms with E-state index < -0.39 is 6.17 Å². The lowest BCUT2D eigenvalue weighted by Crippen LogP contribution is -2.38. The van der Waals surface area contributed by atoms with Crippen molar-refractivity contribution in [1.82, 2.24) is 9.88 Å². The first-order valence-electron chi connectivity index (χ1n) is 16.6. The number of nitrogens with zero attached hydrogens (tertiary/aromatic N) is 4. The maximum atomic E-state index is 6.31. The van der Waals surface area contributed by atoms with Crippen molar-refractivity contribution in [2.45, 2.75) is 12.8 Å². The van der Waals surface area contributed by atoms with Crippen molar-refractivity contribution in [3.8, 4) is 11.1 Å². The fraction of sp³-hybridized carbons (Fsp3) is 0.0465. The van der Waals surface area contributed by atoms with Gasteiger partial charge in [0.05, 0.1) is 15.7 Å². The Morgan fingerprint density at radius 2 is 1.30 bits per heavy atom. The van der Waals surface area contributed by atoms with E-state index in [1.165, 1.54) is 36.5 Å². The monoisotopic (exact) mass is 664 g/mol. The molecular formula is C43H32N6S. The van der Waals surface area contributed by atoms with Crippen molar-refractivity contribution in [2.24, 2.45) is 20.7 Å². The molecule has 2 aromatic heterocycles. The molecule has 0 saturated carbocycles. The number of para-hydroxylation sites is 1. The van der Waals surface area contributed by atoms with Gasteiger partial charge in [-0.3, -0.25) is 4.99 Å². The molecule has 3 heterocycles. The van der Waals surface area contributed by atoms with E-state index in [1.54, 1.807) is 6.20 Å². The minimum absolute atomic E-state index is 0.421. The van der Waals surface area contributed by atoms with Crippen LogP contribution in [0.25, 0.3) is 53.1 Å². The van der Waals surface area contributed by atoms with Crippen LogP contribution in [-0.4, -0.2) is 28.6 Å². The van der Waals surface area contributed by atoms with Gasteiger partial charge in [0.1, 0.15) is 18.3 Å². The second-order valence-corrected chi connectivity index (χ2v) is 13.3. The zero-order valence-corrected chi connectivity index (χ0v) is 27.9. The highest BCUT2D eigenvalue weighted by molar-refractivity contribution is 7.26. The summed E-state index contributed by atoms with van der Waals surface area (Å²) in [4.78, 5) is 15.1. The van der Waals surface area contributed by atoms with E-state index in [9.17, 15) is 0 Å². The molecule has 0 spiro atoms. The van der Waals surface area contributed by atoms with Gasteiger partial charge in [-0.15, -0.1) is 11.3 Å². The van der Waals surface area contributed by atoms with Crippen molar-refractivity contribution in [3.05, 3.63) is 168 Å². The number of amidine groups is 2. The van der Waals surface area contributed by atoms with Crippen LogP contribution in [-0.2, 0) is 6.67 Å². The maximum Gasteiger partial charge on any atom is 0.172 e. The van der Waals surface area contributed by atoms with Crippen LogP contribution in [0.5, 0.6) is 0 Å². The molecular weight excluding hydrogens is 633 g/mol. The van der Waals surface area contributed by atoms with Crippen molar-refractivity contribution < 1.29 is 0 Å². The zero-order chi connectivity index (χ0) is 33.4. The summed E-state index contributed by atoms with van der Waals surface area (Å²) < 4.78 is 4.87. The molecule has 0 radical (unpaired) electrons. The summed E-state index contributed by atoms with van der Waals surface area (Å²) in [5, 5.41) is 8.50. The lowest BCUT2D eigenvalue weighted by atomic mass is 10.0. The highest BCUT2D eigenvalue weighted by Gasteiger charge is 2.22. The number of rotatable bonds is 7. The largest absolute Gasteiger partial charge is 0.404 e. The predicted molar refractivity (Wildman–Crippen MR) is 211 cm³/mol. The van der Waals surface area contributed by atoms with Gasteiger partial charge in [0, 0.05) is 55.4 Å². The Kier molecular flexibility index (Phi) is 7.52. The average Bonchev–Trinajstić information content (AvgIpc) is 3.73. The highest BCUT2D eigenvalue weighted by Crippen LogP contribution is 2.41. The zero-order valence-electron chi connectivity index (χ0n) is 27.1. The van der Waals surface area contributed by atoms with Gasteiger partial charge in [0.2, 0.25) is 0 Å². The Bertz CT molecular complexity index is 2660. The Morgan fingerprint density at radius 3 is 2.10 bits per heavy atom. The van der Waals surface area contributed by atoms with E-state index >= 15 is 0 Å². The van der Waals surface area contributed by atoms with E-state index in [-0.39, 0.29) is 0 Å². The molecule has 0 fully saturated rings. The van der Waals surface area contributed by atoms with Gasteiger partial charge < -0.3 is 15.6 Å². The first-order chi connectivity index (χ1) is 24.7. The molecule has 1 aliphatic rings. The van der Waals surface area contributed by atoms with E-state index in [1.807, 2.05) is 53.9 Å². The Hall–Kier alpha value is -6.31. The summed E-state index contributed by atoms with van der Waals surface area (Å²) in [5.74, 6) is 1.46. The van der Waals surface area contributed by atoms with Gasteiger partial charge >= 0.3 is 0 Å². The molecule has 1 atom stereocenters. The fourth-order valence-electron chi connectivity index (χ4n) is 6.85. The maximum absolute atomic E-state index is 6.31. The van der Waals surface area contributed by atoms with Crippen LogP contribution in [0.1, 0.15) is 11.1 Å². The van der Waals surface area contributed by atoms with Gasteiger partial charge in [-0.25, -0.2) is 9.98 Å². The number of nitrogens with two attached hydrogens (primary N) is 1. The molecule has 240 valence electrons. The molecule has 6 aromatic carbocycles. The summed E-state index contributed by atoms with van der Waals surface area (Å²) in [5.41, 5.74) is 13.6. The van der Waals surface area contributed by atoms with Gasteiger partial charge in [0.15, 0.2) is 6.17 Å². The second kappa shape index (κ2) is 12.6. The van der Waals surface area contributed by atoms with Crippen LogP contribution in [0.15, 0.2) is 172 Å². The molecule has 8 aromatic rings. The number of aliphatic imine (C=N–C) groups is 3. The van der Waals surface area contributed by atoms with Gasteiger partial charge in [0.25, 0.3) is 0 Å². The first-order valence-corrected chi connectivity index (χ1v) is 17.4. The van der Waals surface area contributed by atoms with Gasteiger partial charge in [-0.05, 0) is 29.3 Å². The van der Waals surface area contributed by atoms with E-state index in [0.717, 1.165) is 39.4 Å². The molecule has 6 nitrogen and oxygen atoms in total. The number of thiophene rings is 1. The molecule has 0 saturated heterocycles. The fourth-order valence-corrected chi connectivity index (χ4v) is 8.11. The van der Waals surface area contributed by atoms with Crippen molar-refractivity contribution in [1.29, 1.82) is 0 Å². The van der Waals surface area contributed by atoms with Crippen LogP contribution in [0.4, 0.5) is 0 Å². The summed E-state index contributed by atoms with van der Waals surface area (Å²) in [6, 6.07) is 50.6. The molecule has 0 bridgehead atoms. The SMILES string of the molecule is NC=C(C=NCn1c2ccccc2c2ccc3c4ccccc4sc3c21)C1N=C(c2ccccc2)NC(c2cccc(-c3ccccc3)c2)=N1. The van der Waals surface area contributed by atoms with E-state index in [4.69, 9.17) is 20.7 Å². The topological polar surface area (TPSA) is 80.1 Å². The Labute approximate surface area is 293 Å². The van der Waals surface area contributed by atoms with Crippen molar-refractivity contribution in [3.63, 3.8) is 0 Å². The first kappa shape index (κ1) is 29.8. The normalized spacial score (nSPS) is 15.2. The molecule has 50 heavy (non-hydrogen) atoms. The summed E-state index contributed by atoms with van der Waals surface area (Å²) in [6.45, 7) is 0.421. The predicted octanol–water partition coefficient (Wildman–Crippen LogP) is 9.52. The number of hydrogen-bond donors (Lipinski definition) is 2. The Balaban J connectivity index is 1.10. The smallest absolute Gasteiger partial charge is 0.172 e. The third-order valence-electron chi connectivity index (χ3n) is 9.26. The van der Waals surface area contributed by atoms with Gasteiger partial charge in [-0.2, -0.15) is 0 Å².